The number of nitrogens with zero attached hydrogens (tertiary/aromatic N) is 1. The largest absolute Gasteiger partial charge is 0.395 e. The molecule has 1 fully saturated rings. The monoisotopic (exact) mass is 287 g/mol. The quantitative estimate of drug-likeness (QED) is 0.809. The van der Waals surface area contributed by atoms with Crippen molar-refractivity contribution >= 4 is 5.91 Å². The zero-order valence-corrected chi connectivity index (χ0v) is 12.3. The zero-order valence-electron chi connectivity index (χ0n) is 12.3. The van der Waals surface area contributed by atoms with Crippen LogP contribution in [-0.4, -0.2) is 46.3 Å². The number of aliphatic hydroxyl groups is 2. The van der Waals surface area contributed by atoms with Gasteiger partial charge in [-0.3, -0.25) is 4.79 Å². The predicted octanol–water partition coefficient (Wildman–Crippen LogP) is 1.41. The van der Waals surface area contributed by atoms with Gasteiger partial charge in [0.2, 0.25) is 0 Å². The van der Waals surface area contributed by atoms with E-state index in [0.717, 1.165) is 18.4 Å². The predicted molar refractivity (Wildman–Crippen MR) is 80.8 cm³/mol. The lowest BCUT2D eigenvalue weighted by Gasteiger charge is -2.36. The fourth-order valence-electron chi connectivity index (χ4n) is 2.49. The summed E-state index contributed by atoms with van der Waals surface area (Å²) in [6.45, 7) is 2.89. The average molecular weight is 287 g/mol. The van der Waals surface area contributed by atoms with Gasteiger partial charge in [-0.1, -0.05) is 11.8 Å². The number of hydrogen-bond donors (Lipinski definition) is 2. The minimum Gasteiger partial charge on any atom is -0.395 e. The molecular weight excluding hydrogens is 266 g/mol. The van der Waals surface area contributed by atoms with E-state index in [1.165, 1.54) is 0 Å². The summed E-state index contributed by atoms with van der Waals surface area (Å²) in [5.74, 6) is 5.72. The Kier molecular flexibility index (Phi) is 5.00. The van der Waals surface area contributed by atoms with Crippen LogP contribution in [0.15, 0.2) is 24.3 Å². The second-order valence-corrected chi connectivity index (χ2v) is 5.68. The molecule has 0 aliphatic carbocycles. The molecule has 1 aromatic carbocycles. The Morgan fingerprint density at radius 1 is 1.38 bits per heavy atom. The molecule has 2 rings (SSSR count). The number of carbonyl (C=O) groups excluding carboxylic acids is 1. The van der Waals surface area contributed by atoms with Crippen LogP contribution >= 0.6 is 0 Å². The molecule has 0 radical (unpaired) electrons. The van der Waals surface area contributed by atoms with Gasteiger partial charge in [0.05, 0.1) is 12.2 Å². The van der Waals surface area contributed by atoms with E-state index in [2.05, 4.69) is 11.8 Å². The number of hydrogen-bond acceptors (Lipinski definition) is 3. The summed E-state index contributed by atoms with van der Waals surface area (Å²) < 4.78 is 0. The van der Waals surface area contributed by atoms with E-state index in [9.17, 15) is 9.90 Å². The minimum absolute atomic E-state index is 0.0511. The second kappa shape index (κ2) is 6.75. The third kappa shape index (κ3) is 4.32. The highest BCUT2D eigenvalue weighted by Gasteiger charge is 2.31. The Labute approximate surface area is 125 Å². The van der Waals surface area contributed by atoms with Gasteiger partial charge < -0.3 is 15.1 Å². The molecule has 0 bridgehead atoms. The van der Waals surface area contributed by atoms with Crippen molar-refractivity contribution in [3.05, 3.63) is 35.4 Å². The Balaban J connectivity index is 2.05. The topological polar surface area (TPSA) is 60.8 Å². The maximum absolute atomic E-state index is 12.4. The molecule has 1 heterocycles. The molecule has 1 amide bonds. The first-order valence-corrected chi connectivity index (χ1v) is 7.23. The van der Waals surface area contributed by atoms with Crippen LogP contribution in [0.2, 0.25) is 0 Å². The van der Waals surface area contributed by atoms with E-state index in [1.807, 2.05) is 0 Å². The maximum Gasteiger partial charge on any atom is 0.253 e. The Morgan fingerprint density at radius 3 is 2.71 bits per heavy atom. The molecule has 0 saturated carbocycles. The van der Waals surface area contributed by atoms with Gasteiger partial charge in [-0.15, -0.1) is 0 Å². The molecule has 112 valence electrons. The lowest BCUT2D eigenvalue weighted by Crippen LogP contribution is -2.48. The van der Waals surface area contributed by atoms with Crippen LogP contribution in [0.3, 0.4) is 0 Å². The average Bonchev–Trinajstić information content (AvgIpc) is 2.46. The highest BCUT2D eigenvalue weighted by atomic mass is 16.3. The van der Waals surface area contributed by atoms with E-state index in [4.69, 9.17) is 5.11 Å². The van der Waals surface area contributed by atoms with Gasteiger partial charge >= 0.3 is 0 Å². The summed E-state index contributed by atoms with van der Waals surface area (Å²) in [6.07, 6.45) is 2.00. The Hall–Kier alpha value is -1.83. The van der Waals surface area contributed by atoms with Gasteiger partial charge in [0, 0.05) is 30.6 Å². The van der Waals surface area contributed by atoms with Gasteiger partial charge in [0.1, 0.15) is 0 Å². The van der Waals surface area contributed by atoms with E-state index in [0.29, 0.717) is 25.1 Å². The van der Waals surface area contributed by atoms with Crippen LogP contribution in [0.5, 0.6) is 0 Å². The van der Waals surface area contributed by atoms with E-state index >= 15 is 0 Å². The Morgan fingerprint density at radius 2 is 2.10 bits per heavy atom. The standard InChI is InChI=1S/C17H21NO3/c1-17(21)10-4-11-18(13-17)16(20)15-8-6-14(7-9-15)5-2-3-12-19/h6-9,19,21H,3-4,10-13H2,1H3. The van der Waals surface area contributed by atoms with E-state index in [-0.39, 0.29) is 12.5 Å². The molecule has 1 aromatic rings. The molecule has 1 aliphatic rings. The first-order valence-electron chi connectivity index (χ1n) is 7.23. The number of piperidine rings is 1. The van der Waals surface area contributed by atoms with Gasteiger partial charge in [-0.25, -0.2) is 0 Å². The lowest BCUT2D eigenvalue weighted by atomic mass is 9.94. The molecule has 1 atom stereocenters. The summed E-state index contributed by atoms with van der Waals surface area (Å²) in [7, 11) is 0. The lowest BCUT2D eigenvalue weighted by molar-refractivity contribution is -0.0107. The molecular formula is C17H21NO3. The smallest absolute Gasteiger partial charge is 0.253 e. The number of aliphatic hydroxyl groups excluding tert-OH is 1. The number of rotatable bonds is 2. The number of carbonyl (C=O) groups is 1. The van der Waals surface area contributed by atoms with Crippen LogP contribution in [-0.2, 0) is 0 Å². The van der Waals surface area contributed by atoms with Crippen LogP contribution < -0.4 is 0 Å². The van der Waals surface area contributed by atoms with Gasteiger partial charge in [0.25, 0.3) is 5.91 Å². The van der Waals surface area contributed by atoms with Gasteiger partial charge in [0.15, 0.2) is 0 Å². The molecule has 2 N–H and O–H groups in total. The van der Waals surface area contributed by atoms with Crippen LogP contribution in [0.1, 0.15) is 42.1 Å². The molecule has 4 heteroatoms. The number of likely N-dealkylation sites (tertiary alicyclic amines) is 1. The van der Waals surface area contributed by atoms with Crippen molar-refractivity contribution in [1.29, 1.82) is 0 Å². The second-order valence-electron chi connectivity index (χ2n) is 5.68. The number of benzene rings is 1. The van der Waals surface area contributed by atoms with Crippen LogP contribution in [0.4, 0.5) is 0 Å². The summed E-state index contributed by atoms with van der Waals surface area (Å²) in [4.78, 5) is 14.1. The van der Waals surface area contributed by atoms with Crippen LogP contribution in [0, 0.1) is 11.8 Å². The fourth-order valence-corrected chi connectivity index (χ4v) is 2.49. The van der Waals surface area contributed by atoms with Crippen molar-refractivity contribution in [3.8, 4) is 11.8 Å². The molecule has 21 heavy (non-hydrogen) atoms. The fraction of sp³-hybridized carbons (Fsp3) is 0.471. The third-order valence-electron chi connectivity index (χ3n) is 3.56. The normalized spacial score (nSPS) is 21.6. The first-order chi connectivity index (χ1) is 10.0. The summed E-state index contributed by atoms with van der Waals surface area (Å²) >= 11 is 0. The number of amides is 1. The highest BCUT2D eigenvalue weighted by molar-refractivity contribution is 5.94. The van der Waals surface area contributed by atoms with Crippen molar-refractivity contribution in [2.45, 2.75) is 31.8 Å². The van der Waals surface area contributed by atoms with E-state index in [1.54, 1.807) is 36.1 Å². The molecule has 0 spiro atoms. The molecule has 1 aliphatic heterocycles. The van der Waals surface area contributed by atoms with E-state index < -0.39 is 5.60 Å². The van der Waals surface area contributed by atoms with Crippen molar-refractivity contribution < 1.29 is 15.0 Å². The molecule has 1 saturated heterocycles. The number of β-amino-alcohol motifs (C(OH)–C–C–N with tert-alkyl or cyclic N) is 1. The maximum atomic E-state index is 12.4. The zero-order chi connectivity index (χ0) is 15.3. The van der Waals surface area contributed by atoms with Crippen molar-refractivity contribution in [3.63, 3.8) is 0 Å². The SMILES string of the molecule is CC1(O)CCCN(C(=O)c2ccc(C#CCCO)cc2)C1. The minimum atomic E-state index is -0.788. The third-order valence-corrected chi connectivity index (χ3v) is 3.56. The first kappa shape index (κ1) is 15.6. The van der Waals surface area contributed by atoms with Gasteiger partial charge in [-0.05, 0) is 44.0 Å². The highest BCUT2D eigenvalue weighted by Crippen LogP contribution is 2.21. The van der Waals surface area contributed by atoms with Crippen molar-refractivity contribution in [1.82, 2.24) is 4.90 Å². The van der Waals surface area contributed by atoms with Crippen molar-refractivity contribution in [2.75, 3.05) is 19.7 Å². The summed E-state index contributed by atoms with van der Waals surface area (Å²) in [5, 5.41) is 18.7. The molecule has 0 aromatic heterocycles. The molecule has 4 nitrogen and oxygen atoms in total. The summed E-state index contributed by atoms with van der Waals surface area (Å²) in [6, 6.07) is 7.13. The van der Waals surface area contributed by atoms with Crippen LogP contribution in [0.25, 0.3) is 0 Å². The summed E-state index contributed by atoms with van der Waals surface area (Å²) in [5.41, 5.74) is 0.648. The van der Waals surface area contributed by atoms with Crippen molar-refractivity contribution in [2.24, 2.45) is 0 Å². The van der Waals surface area contributed by atoms with Gasteiger partial charge in [-0.2, -0.15) is 0 Å². The molecule has 1 unspecified atom stereocenters. The Bertz CT molecular complexity index is 552.